The molecule has 2 amide bonds. The molecule has 22 heavy (non-hydrogen) atoms. The van der Waals surface area contributed by atoms with Crippen molar-refractivity contribution in [2.75, 3.05) is 19.7 Å². The summed E-state index contributed by atoms with van der Waals surface area (Å²) in [5.41, 5.74) is 1.64. The molecule has 1 aliphatic rings. The van der Waals surface area contributed by atoms with E-state index in [1.807, 2.05) is 27.8 Å². The quantitative estimate of drug-likeness (QED) is 0.881. The monoisotopic (exact) mass is 308 g/mol. The van der Waals surface area contributed by atoms with Gasteiger partial charge in [0.05, 0.1) is 5.69 Å². The topological polar surface area (TPSA) is 76.5 Å². The lowest BCUT2D eigenvalue weighted by Crippen LogP contribution is -2.48. The predicted octanol–water partition coefficient (Wildman–Crippen LogP) is 0.543. The Bertz CT molecular complexity index is 567. The van der Waals surface area contributed by atoms with Crippen molar-refractivity contribution in [3.8, 4) is 5.75 Å². The van der Waals surface area contributed by atoms with Gasteiger partial charge in [-0.25, -0.2) is 0 Å². The predicted molar refractivity (Wildman–Crippen MR) is 81.6 cm³/mol. The van der Waals surface area contributed by atoms with Crippen molar-refractivity contribution in [2.24, 2.45) is 7.05 Å². The first kappa shape index (κ1) is 16.3. The number of rotatable bonds is 4. The number of aryl methyl sites for hydroxylation is 2. The molecule has 2 heterocycles. The summed E-state index contributed by atoms with van der Waals surface area (Å²) >= 11 is 0. The first-order valence-corrected chi connectivity index (χ1v) is 7.65. The minimum atomic E-state index is -0.408. The number of carbonyl (C=O) groups is 2. The largest absolute Gasteiger partial charge is 0.480 e. The van der Waals surface area contributed by atoms with Crippen LogP contribution in [0, 0.1) is 13.8 Å². The lowest BCUT2D eigenvalue weighted by atomic mass is 10.2. The SMILES string of the molecule is CC[C@@H]1C(=O)NCCCN1C(=O)COc1c(C)nn(C)c1C. The molecule has 1 saturated heterocycles. The van der Waals surface area contributed by atoms with E-state index >= 15 is 0 Å². The second-order valence-electron chi connectivity index (χ2n) is 5.57. The maximum atomic E-state index is 12.5. The Hall–Kier alpha value is -2.05. The molecular weight excluding hydrogens is 284 g/mol. The molecule has 0 unspecified atom stereocenters. The molecule has 1 N–H and O–H groups in total. The molecule has 7 nitrogen and oxygen atoms in total. The lowest BCUT2D eigenvalue weighted by Gasteiger charge is -2.27. The molecular formula is C15H24N4O3. The number of hydrogen-bond acceptors (Lipinski definition) is 4. The number of ether oxygens (including phenoxy) is 1. The molecule has 122 valence electrons. The molecule has 7 heteroatoms. The Morgan fingerprint density at radius 2 is 2.18 bits per heavy atom. The Morgan fingerprint density at radius 1 is 1.45 bits per heavy atom. The molecule has 0 saturated carbocycles. The number of carbonyl (C=O) groups excluding carboxylic acids is 2. The van der Waals surface area contributed by atoms with Crippen LogP contribution in [0.25, 0.3) is 0 Å². The molecule has 1 aromatic rings. The van der Waals surface area contributed by atoms with E-state index in [9.17, 15) is 9.59 Å². The minimum Gasteiger partial charge on any atom is -0.480 e. The Morgan fingerprint density at radius 3 is 2.77 bits per heavy atom. The summed E-state index contributed by atoms with van der Waals surface area (Å²) in [4.78, 5) is 26.1. The fourth-order valence-electron chi connectivity index (χ4n) is 2.76. The van der Waals surface area contributed by atoms with Gasteiger partial charge in [-0.05, 0) is 26.7 Å². The minimum absolute atomic E-state index is 0.0723. The van der Waals surface area contributed by atoms with Gasteiger partial charge in [-0.1, -0.05) is 6.92 Å². The number of hydrogen-bond donors (Lipinski definition) is 1. The summed E-state index contributed by atoms with van der Waals surface area (Å²) in [6.45, 7) is 6.77. The van der Waals surface area contributed by atoms with Crippen LogP contribution in [0.4, 0.5) is 0 Å². The highest BCUT2D eigenvalue weighted by molar-refractivity contribution is 5.88. The van der Waals surface area contributed by atoms with Crippen molar-refractivity contribution in [3.05, 3.63) is 11.4 Å². The van der Waals surface area contributed by atoms with E-state index in [0.717, 1.165) is 17.8 Å². The van der Waals surface area contributed by atoms with Crippen LogP contribution in [0.15, 0.2) is 0 Å². The summed E-state index contributed by atoms with van der Waals surface area (Å²) in [5, 5.41) is 7.10. The van der Waals surface area contributed by atoms with Gasteiger partial charge in [-0.3, -0.25) is 14.3 Å². The zero-order chi connectivity index (χ0) is 16.3. The number of amides is 2. The summed E-state index contributed by atoms with van der Waals surface area (Å²) in [5.74, 6) is 0.400. The Kier molecular flexibility index (Phi) is 5.05. The van der Waals surface area contributed by atoms with E-state index < -0.39 is 6.04 Å². The highest BCUT2D eigenvalue weighted by atomic mass is 16.5. The molecule has 0 aromatic carbocycles. The molecule has 0 bridgehead atoms. The fourth-order valence-corrected chi connectivity index (χ4v) is 2.76. The summed E-state index contributed by atoms with van der Waals surface area (Å²) in [6.07, 6.45) is 1.36. The van der Waals surface area contributed by atoms with E-state index in [0.29, 0.717) is 25.3 Å². The van der Waals surface area contributed by atoms with E-state index in [2.05, 4.69) is 10.4 Å². The van der Waals surface area contributed by atoms with Crippen LogP contribution in [-0.4, -0.2) is 52.2 Å². The zero-order valence-corrected chi connectivity index (χ0v) is 13.7. The van der Waals surface area contributed by atoms with Crippen LogP contribution in [0.1, 0.15) is 31.2 Å². The van der Waals surface area contributed by atoms with Crippen molar-refractivity contribution in [1.29, 1.82) is 0 Å². The van der Waals surface area contributed by atoms with Crippen LogP contribution in [0.2, 0.25) is 0 Å². The van der Waals surface area contributed by atoms with E-state index in [4.69, 9.17) is 4.74 Å². The van der Waals surface area contributed by atoms with Crippen molar-refractivity contribution < 1.29 is 14.3 Å². The second kappa shape index (κ2) is 6.81. The van der Waals surface area contributed by atoms with Gasteiger partial charge in [0.15, 0.2) is 12.4 Å². The number of nitrogens with one attached hydrogen (secondary N) is 1. The highest BCUT2D eigenvalue weighted by Gasteiger charge is 2.30. The van der Waals surface area contributed by atoms with Gasteiger partial charge in [0.1, 0.15) is 11.7 Å². The van der Waals surface area contributed by atoms with Crippen LogP contribution in [0.3, 0.4) is 0 Å². The highest BCUT2D eigenvalue weighted by Crippen LogP contribution is 2.21. The van der Waals surface area contributed by atoms with Gasteiger partial charge in [0.25, 0.3) is 5.91 Å². The maximum Gasteiger partial charge on any atom is 0.261 e. The van der Waals surface area contributed by atoms with Crippen LogP contribution >= 0.6 is 0 Å². The van der Waals surface area contributed by atoms with Gasteiger partial charge >= 0.3 is 0 Å². The molecule has 1 aromatic heterocycles. The first-order valence-electron chi connectivity index (χ1n) is 7.65. The fraction of sp³-hybridized carbons (Fsp3) is 0.667. The van der Waals surface area contributed by atoms with Gasteiger partial charge < -0.3 is 15.0 Å². The van der Waals surface area contributed by atoms with Crippen molar-refractivity contribution >= 4 is 11.8 Å². The summed E-state index contributed by atoms with van der Waals surface area (Å²) < 4.78 is 7.39. The third-order valence-electron chi connectivity index (χ3n) is 4.04. The Labute approximate surface area is 130 Å². The smallest absolute Gasteiger partial charge is 0.261 e. The van der Waals surface area contributed by atoms with Crippen molar-refractivity contribution in [3.63, 3.8) is 0 Å². The standard InChI is InChI=1S/C15H24N4O3/c1-5-12-15(21)16-7-6-8-19(12)13(20)9-22-14-10(2)17-18(4)11(14)3/h12H,5-9H2,1-4H3,(H,16,21)/t12-/m1/s1. The van der Waals surface area contributed by atoms with Gasteiger partial charge in [0, 0.05) is 20.1 Å². The van der Waals surface area contributed by atoms with Crippen LogP contribution in [0.5, 0.6) is 5.75 Å². The number of nitrogens with zero attached hydrogens (tertiary/aromatic N) is 3. The number of aromatic nitrogens is 2. The average molecular weight is 308 g/mol. The van der Waals surface area contributed by atoms with Crippen LogP contribution < -0.4 is 10.1 Å². The molecule has 2 rings (SSSR count). The van der Waals surface area contributed by atoms with Crippen molar-refractivity contribution in [1.82, 2.24) is 20.0 Å². The lowest BCUT2D eigenvalue weighted by molar-refractivity contribution is -0.141. The molecule has 1 aliphatic heterocycles. The summed E-state index contributed by atoms with van der Waals surface area (Å²) in [6, 6.07) is -0.408. The van der Waals surface area contributed by atoms with Crippen molar-refractivity contribution in [2.45, 2.75) is 39.7 Å². The Balaban J connectivity index is 2.05. The third kappa shape index (κ3) is 3.23. The maximum absolute atomic E-state index is 12.5. The van der Waals surface area contributed by atoms with E-state index in [-0.39, 0.29) is 18.4 Å². The molecule has 1 fully saturated rings. The van der Waals surface area contributed by atoms with Crippen LogP contribution in [-0.2, 0) is 16.6 Å². The first-order chi connectivity index (χ1) is 10.5. The van der Waals surface area contributed by atoms with E-state index in [1.165, 1.54) is 0 Å². The zero-order valence-electron chi connectivity index (χ0n) is 13.7. The molecule has 0 radical (unpaired) electrons. The normalized spacial score (nSPS) is 18.8. The average Bonchev–Trinajstić information content (AvgIpc) is 2.65. The second-order valence-corrected chi connectivity index (χ2v) is 5.57. The van der Waals surface area contributed by atoms with Gasteiger partial charge in [-0.2, -0.15) is 5.10 Å². The molecule has 0 spiro atoms. The van der Waals surface area contributed by atoms with Gasteiger partial charge in [0.2, 0.25) is 5.91 Å². The third-order valence-corrected chi connectivity index (χ3v) is 4.04. The summed E-state index contributed by atoms with van der Waals surface area (Å²) in [7, 11) is 1.84. The van der Waals surface area contributed by atoms with Gasteiger partial charge in [-0.15, -0.1) is 0 Å². The molecule has 0 aliphatic carbocycles. The van der Waals surface area contributed by atoms with E-state index in [1.54, 1.807) is 9.58 Å². The molecule has 1 atom stereocenters.